The van der Waals surface area contributed by atoms with Crippen LogP contribution in [-0.2, 0) is 16.1 Å². The van der Waals surface area contributed by atoms with Crippen molar-refractivity contribution in [3.05, 3.63) is 40.9 Å². The summed E-state index contributed by atoms with van der Waals surface area (Å²) in [5.74, 6) is 0.240. The first kappa shape index (κ1) is 18.7. The van der Waals surface area contributed by atoms with E-state index in [2.05, 4.69) is 10.6 Å². The summed E-state index contributed by atoms with van der Waals surface area (Å²) in [6.07, 6.45) is 0. The molecule has 8 nitrogen and oxygen atoms in total. The molecule has 0 aromatic heterocycles. The van der Waals surface area contributed by atoms with Crippen LogP contribution in [0.4, 0.5) is 5.69 Å². The molecule has 0 atom stereocenters. The van der Waals surface area contributed by atoms with Gasteiger partial charge in [-0.1, -0.05) is 17.7 Å². The van der Waals surface area contributed by atoms with Crippen molar-refractivity contribution in [2.45, 2.75) is 6.54 Å². The van der Waals surface area contributed by atoms with Crippen molar-refractivity contribution < 1.29 is 28.5 Å². The second kappa shape index (κ2) is 8.05. The van der Waals surface area contributed by atoms with Crippen molar-refractivity contribution in [2.75, 3.05) is 26.3 Å². The molecule has 0 unspecified atom stereocenters. The van der Waals surface area contributed by atoms with Crippen molar-refractivity contribution in [1.82, 2.24) is 5.32 Å². The van der Waals surface area contributed by atoms with E-state index < -0.39 is 11.8 Å². The number of hydrogen-bond donors (Lipinski definition) is 2. The van der Waals surface area contributed by atoms with Gasteiger partial charge in [0.2, 0.25) is 6.79 Å². The second-order valence-electron chi connectivity index (χ2n) is 5.51. The second-order valence-corrected chi connectivity index (χ2v) is 5.92. The van der Waals surface area contributed by atoms with Crippen LogP contribution in [0.15, 0.2) is 30.3 Å². The molecule has 1 aliphatic rings. The van der Waals surface area contributed by atoms with Gasteiger partial charge in [0.1, 0.15) is 11.5 Å². The molecular weight excluding hydrogens is 376 g/mol. The van der Waals surface area contributed by atoms with Crippen LogP contribution in [0.5, 0.6) is 23.0 Å². The predicted octanol–water partition coefficient (Wildman–Crippen LogP) is 2.34. The molecule has 0 bridgehead atoms. The maximum Gasteiger partial charge on any atom is 0.313 e. The largest absolute Gasteiger partial charge is 0.495 e. The van der Waals surface area contributed by atoms with Crippen LogP contribution >= 0.6 is 11.6 Å². The van der Waals surface area contributed by atoms with E-state index in [-0.39, 0.29) is 19.0 Å². The number of nitrogens with one attached hydrogen (secondary N) is 2. The summed E-state index contributed by atoms with van der Waals surface area (Å²) in [7, 11) is 2.87. The number of anilines is 1. The van der Waals surface area contributed by atoms with Crippen LogP contribution in [0.2, 0.25) is 5.02 Å². The Balaban J connectivity index is 1.63. The first-order valence-electron chi connectivity index (χ1n) is 7.91. The van der Waals surface area contributed by atoms with Gasteiger partial charge in [0, 0.05) is 18.7 Å². The Morgan fingerprint density at radius 1 is 1.04 bits per heavy atom. The fourth-order valence-electron chi connectivity index (χ4n) is 2.45. The minimum absolute atomic E-state index is 0.157. The Morgan fingerprint density at radius 2 is 1.78 bits per heavy atom. The number of halogens is 1. The first-order chi connectivity index (χ1) is 13.0. The van der Waals surface area contributed by atoms with Gasteiger partial charge >= 0.3 is 11.8 Å². The molecular formula is C18H17ClN2O6. The Morgan fingerprint density at radius 3 is 2.52 bits per heavy atom. The molecule has 9 heteroatoms. The van der Waals surface area contributed by atoms with Gasteiger partial charge in [0.25, 0.3) is 0 Å². The normalized spacial score (nSPS) is 11.7. The fourth-order valence-corrected chi connectivity index (χ4v) is 2.68. The number of fused-ring (bicyclic) bond motifs is 1. The van der Waals surface area contributed by atoms with Crippen molar-refractivity contribution in [3.63, 3.8) is 0 Å². The number of rotatable bonds is 5. The number of methoxy groups -OCH3 is 2. The summed E-state index contributed by atoms with van der Waals surface area (Å²) in [5.41, 5.74) is 1.04. The molecule has 0 radical (unpaired) electrons. The van der Waals surface area contributed by atoms with Crippen LogP contribution in [0, 0.1) is 0 Å². The lowest BCUT2D eigenvalue weighted by molar-refractivity contribution is -0.136. The van der Waals surface area contributed by atoms with E-state index in [9.17, 15) is 9.59 Å². The van der Waals surface area contributed by atoms with E-state index in [1.807, 2.05) is 0 Å². The molecule has 0 saturated heterocycles. The summed E-state index contributed by atoms with van der Waals surface area (Å²) in [5, 5.41) is 5.34. The third kappa shape index (κ3) is 4.17. The zero-order valence-electron chi connectivity index (χ0n) is 14.6. The van der Waals surface area contributed by atoms with Crippen LogP contribution in [-0.4, -0.2) is 32.8 Å². The van der Waals surface area contributed by atoms with Gasteiger partial charge in [-0.25, -0.2) is 0 Å². The highest BCUT2D eigenvalue weighted by molar-refractivity contribution is 6.40. The average molecular weight is 393 g/mol. The molecule has 0 spiro atoms. The molecule has 27 heavy (non-hydrogen) atoms. The van der Waals surface area contributed by atoms with E-state index in [1.165, 1.54) is 26.4 Å². The predicted molar refractivity (Wildman–Crippen MR) is 97.6 cm³/mol. The molecule has 0 saturated carbocycles. The Labute approximate surface area is 160 Å². The quantitative estimate of drug-likeness (QED) is 0.758. The molecule has 2 aromatic carbocycles. The Hall–Kier alpha value is -3.13. The van der Waals surface area contributed by atoms with E-state index in [1.54, 1.807) is 18.2 Å². The van der Waals surface area contributed by atoms with Crippen molar-refractivity contribution in [3.8, 4) is 23.0 Å². The number of hydrogen-bond acceptors (Lipinski definition) is 6. The van der Waals surface area contributed by atoms with Gasteiger partial charge < -0.3 is 29.6 Å². The smallest absolute Gasteiger partial charge is 0.313 e. The minimum atomic E-state index is -0.849. The molecule has 0 fully saturated rings. The number of ether oxygens (including phenoxy) is 4. The molecule has 2 aromatic rings. The van der Waals surface area contributed by atoms with Crippen molar-refractivity contribution >= 4 is 29.1 Å². The summed E-state index contributed by atoms with van der Waals surface area (Å²) in [6, 6.07) is 8.23. The number of benzene rings is 2. The van der Waals surface area contributed by atoms with Gasteiger partial charge in [0.05, 0.1) is 24.9 Å². The fraction of sp³-hybridized carbons (Fsp3) is 0.222. The summed E-state index contributed by atoms with van der Waals surface area (Å²) >= 11 is 6.02. The average Bonchev–Trinajstić information content (AvgIpc) is 3.14. The number of carbonyl (C=O) groups excluding carboxylic acids is 2. The lowest BCUT2D eigenvalue weighted by atomic mass is 10.2. The summed E-state index contributed by atoms with van der Waals surface area (Å²) in [6.45, 7) is 0.323. The molecule has 3 rings (SSSR count). The maximum atomic E-state index is 12.2. The van der Waals surface area contributed by atoms with Crippen LogP contribution in [0.25, 0.3) is 0 Å². The Kier molecular flexibility index (Phi) is 5.56. The zero-order valence-corrected chi connectivity index (χ0v) is 15.4. The Bertz CT molecular complexity index is 886. The number of carbonyl (C=O) groups is 2. The van der Waals surface area contributed by atoms with Crippen molar-refractivity contribution in [1.29, 1.82) is 0 Å². The zero-order chi connectivity index (χ0) is 19.4. The van der Waals surface area contributed by atoms with Crippen molar-refractivity contribution in [2.24, 2.45) is 0 Å². The monoisotopic (exact) mass is 392 g/mol. The maximum absolute atomic E-state index is 12.2. The molecule has 142 valence electrons. The van der Waals surface area contributed by atoms with Gasteiger partial charge in [-0.15, -0.1) is 0 Å². The highest BCUT2D eigenvalue weighted by Gasteiger charge is 2.18. The molecule has 1 aliphatic heterocycles. The van der Waals surface area contributed by atoms with Gasteiger partial charge in [-0.05, 0) is 17.7 Å². The highest BCUT2D eigenvalue weighted by atomic mass is 35.5. The summed E-state index contributed by atoms with van der Waals surface area (Å²) < 4.78 is 20.8. The molecule has 1 heterocycles. The van der Waals surface area contributed by atoms with Crippen LogP contribution in [0.1, 0.15) is 5.56 Å². The van der Waals surface area contributed by atoms with E-state index in [4.69, 9.17) is 30.5 Å². The SMILES string of the molecule is COc1cc(NC(=O)C(=O)NCc2ccc3c(c2)OCO3)c(OC)cc1Cl. The van der Waals surface area contributed by atoms with Gasteiger partial charge in [-0.2, -0.15) is 0 Å². The van der Waals surface area contributed by atoms with Gasteiger partial charge in [0.15, 0.2) is 11.5 Å². The van der Waals surface area contributed by atoms with Gasteiger partial charge in [-0.3, -0.25) is 9.59 Å². The van der Waals surface area contributed by atoms with E-state index in [0.29, 0.717) is 28.0 Å². The summed E-state index contributed by atoms with van der Waals surface area (Å²) in [4.78, 5) is 24.3. The highest BCUT2D eigenvalue weighted by Crippen LogP contribution is 2.36. The lowest BCUT2D eigenvalue weighted by Crippen LogP contribution is -2.35. The topological polar surface area (TPSA) is 95.1 Å². The molecule has 2 N–H and O–H groups in total. The first-order valence-corrected chi connectivity index (χ1v) is 8.29. The van der Waals surface area contributed by atoms with Crippen LogP contribution < -0.4 is 29.6 Å². The minimum Gasteiger partial charge on any atom is -0.495 e. The number of amides is 2. The van der Waals surface area contributed by atoms with E-state index >= 15 is 0 Å². The third-order valence-corrected chi connectivity index (χ3v) is 4.11. The lowest BCUT2D eigenvalue weighted by Gasteiger charge is -2.13. The molecule has 0 aliphatic carbocycles. The van der Waals surface area contributed by atoms with Crippen LogP contribution in [0.3, 0.4) is 0 Å². The molecule has 2 amide bonds. The third-order valence-electron chi connectivity index (χ3n) is 3.82. The van der Waals surface area contributed by atoms with E-state index in [0.717, 1.165) is 5.56 Å². The standard InChI is InChI=1S/C18H17ClN2O6/c1-24-14-7-12(15(25-2)6-11(14)19)21-18(23)17(22)20-8-10-3-4-13-16(5-10)27-9-26-13/h3-7H,8-9H2,1-2H3,(H,20,22)(H,21,23).